The molecule has 2 heterocycles. The second-order valence-electron chi connectivity index (χ2n) is 9.88. The molecule has 5 nitrogen and oxygen atoms in total. The zero-order chi connectivity index (χ0) is 25.1. The number of anilines is 2. The number of nitrogens with one attached hydrogen (secondary N) is 1. The first kappa shape index (κ1) is 24.0. The first-order chi connectivity index (χ1) is 17.6. The van der Waals surface area contributed by atoms with Crippen LogP contribution in [0, 0.1) is 6.92 Å². The predicted octanol–water partition coefficient (Wildman–Crippen LogP) is 6.87. The molecule has 36 heavy (non-hydrogen) atoms. The quantitative estimate of drug-likeness (QED) is 0.392. The number of aromatic nitrogens is 1. The number of nitrogens with zero attached hydrogens (tertiary/aromatic N) is 2. The largest absolute Gasteiger partial charge is 0.357 e. The lowest BCUT2D eigenvalue weighted by molar-refractivity contribution is -0.119. The minimum atomic E-state index is -0.509. The number of amides is 1. The van der Waals surface area contributed by atoms with Crippen molar-refractivity contribution in [1.29, 1.82) is 0 Å². The number of aryl methyl sites for hydroxylation is 1. The summed E-state index contributed by atoms with van der Waals surface area (Å²) in [7, 11) is 0. The van der Waals surface area contributed by atoms with E-state index in [4.69, 9.17) is 0 Å². The Balaban J connectivity index is 1.64. The van der Waals surface area contributed by atoms with Crippen LogP contribution in [0.25, 0.3) is 0 Å². The average Bonchev–Trinajstić information content (AvgIpc) is 3.04. The van der Waals surface area contributed by atoms with Crippen LogP contribution in [-0.2, 0) is 9.59 Å². The predicted molar refractivity (Wildman–Crippen MR) is 144 cm³/mol. The molecule has 3 aromatic rings. The Morgan fingerprint density at radius 3 is 2.56 bits per heavy atom. The molecule has 0 saturated heterocycles. The van der Waals surface area contributed by atoms with Crippen molar-refractivity contribution in [3.05, 3.63) is 101 Å². The van der Waals surface area contributed by atoms with E-state index in [1.807, 2.05) is 41.3 Å². The van der Waals surface area contributed by atoms with Gasteiger partial charge in [0.25, 0.3) is 0 Å². The van der Waals surface area contributed by atoms with Gasteiger partial charge >= 0.3 is 0 Å². The molecule has 2 aromatic carbocycles. The third kappa shape index (κ3) is 4.70. The fourth-order valence-electron chi connectivity index (χ4n) is 5.44. The van der Waals surface area contributed by atoms with Gasteiger partial charge in [0, 0.05) is 36.5 Å². The Morgan fingerprint density at radius 2 is 1.81 bits per heavy atom. The highest BCUT2D eigenvalue weighted by molar-refractivity contribution is 6.06. The minimum absolute atomic E-state index is 0.0359. The third-order valence-electron chi connectivity index (χ3n) is 7.30. The van der Waals surface area contributed by atoms with Gasteiger partial charge in [0.05, 0.1) is 17.4 Å². The van der Waals surface area contributed by atoms with Crippen LogP contribution in [0.5, 0.6) is 0 Å². The number of carbonyl (C=O) groups excluding carboxylic acids is 2. The number of Topliss-reactive ketones (excluding diaryl/α,β-unsaturated/α-hetero) is 1. The van der Waals surface area contributed by atoms with Gasteiger partial charge in [-0.3, -0.25) is 19.5 Å². The van der Waals surface area contributed by atoms with Crippen molar-refractivity contribution >= 4 is 23.1 Å². The summed E-state index contributed by atoms with van der Waals surface area (Å²) in [6.07, 6.45) is 7.98. The molecule has 0 saturated carbocycles. The topological polar surface area (TPSA) is 62.3 Å². The number of hydrogen-bond donors (Lipinski definition) is 1. The van der Waals surface area contributed by atoms with E-state index in [2.05, 4.69) is 48.4 Å². The summed E-state index contributed by atoms with van der Waals surface area (Å²) in [6, 6.07) is 19.7. The van der Waals surface area contributed by atoms with Gasteiger partial charge in [-0.2, -0.15) is 0 Å². The van der Waals surface area contributed by atoms with Crippen LogP contribution in [0.15, 0.2) is 84.3 Å². The van der Waals surface area contributed by atoms with Gasteiger partial charge < -0.3 is 5.32 Å². The van der Waals surface area contributed by atoms with Crippen LogP contribution in [0.3, 0.4) is 0 Å². The van der Waals surface area contributed by atoms with E-state index < -0.39 is 6.04 Å². The fourth-order valence-corrected chi connectivity index (χ4v) is 5.44. The summed E-state index contributed by atoms with van der Waals surface area (Å²) >= 11 is 0. The molecular formula is C31H33N3O2. The average molecular weight is 480 g/mol. The van der Waals surface area contributed by atoms with Gasteiger partial charge in [0.1, 0.15) is 0 Å². The number of rotatable bonds is 6. The fraction of sp³-hybridized carbons (Fsp3) is 0.323. The second kappa shape index (κ2) is 10.5. The lowest BCUT2D eigenvalue weighted by Gasteiger charge is -2.35. The molecule has 1 aromatic heterocycles. The van der Waals surface area contributed by atoms with Gasteiger partial charge in [-0.25, -0.2) is 0 Å². The number of carbonyl (C=O) groups is 2. The molecule has 1 amide bonds. The van der Waals surface area contributed by atoms with Crippen LogP contribution in [0.1, 0.15) is 74.1 Å². The third-order valence-corrected chi connectivity index (χ3v) is 7.30. The lowest BCUT2D eigenvalue weighted by atomic mass is 9.78. The van der Waals surface area contributed by atoms with Crippen LogP contribution in [-0.4, -0.2) is 16.7 Å². The highest BCUT2D eigenvalue weighted by atomic mass is 16.2. The zero-order valence-corrected chi connectivity index (χ0v) is 21.0. The molecule has 5 heteroatoms. The van der Waals surface area contributed by atoms with Gasteiger partial charge in [-0.05, 0) is 55.0 Å². The highest BCUT2D eigenvalue weighted by Crippen LogP contribution is 2.47. The molecule has 1 aliphatic heterocycles. The maximum atomic E-state index is 13.9. The lowest BCUT2D eigenvalue weighted by Crippen LogP contribution is -2.38. The minimum Gasteiger partial charge on any atom is -0.357 e. The highest BCUT2D eigenvalue weighted by Gasteiger charge is 2.41. The van der Waals surface area contributed by atoms with E-state index in [1.165, 1.54) is 11.1 Å². The zero-order valence-electron chi connectivity index (χ0n) is 21.0. The number of ketones is 1. The summed E-state index contributed by atoms with van der Waals surface area (Å²) in [5, 5.41) is 3.60. The van der Waals surface area contributed by atoms with E-state index in [0.717, 1.165) is 41.9 Å². The summed E-state index contributed by atoms with van der Waals surface area (Å²) in [5.41, 5.74) is 6.49. The molecule has 0 bridgehead atoms. The standard InChI is InChI=1S/C31H33N3O2/c1-3-4-5-12-29(36)34-27-11-7-6-10-25(27)33-26-18-24(22-15-13-21(2)14-16-22)19-28(35)30(26)31(34)23-9-8-17-32-20-23/h6-11,13-17,20,24,31,33H,3-5,12,18-19H2,1-2H3/t24-,31-/m1/s1. The molecule has 0 fully saturated rings. The summed E-state index contributed by atoms with van der Waals surface area (Å²) < 4.78 is 0. The van der Waals surface area contributed by atoms with Crippen LogP contribution in [0.4, 0.5) is 11.4 Å². The van der Waals surface area contributed by atoms with Crippen molar-refractivity contribution in [2.45, 2.75) is 64.3 Å². The number of benzene rings is 2. The van der Waals surface area contributed by atoms with Gasteiger partial charge in [0.15, 0.2) is 5.78 Å². The molecule has 0 radical (unpaired) electrons. The van der Waals surface area contributed by atoms with Gasteiger partial charge in [0.2, 0.25) is 5.91 Å². The molecule has 0 spiro atoms. The molecule has 184 valence electrons. The van der Waals surface area contributed by atoms with Crippen LogP contribution in [0.2, 0.25) is 0 Å². The second-order valence-corrected chi connectivity index (χ2v) is 9.88. The number of unbranched alkanes of at least 4 members (excludes halogenated alkanes) is 2. The molecule has 1 aliphatic carbocycles. The number of hydrogen-bond acceptors (Lipinski definition) is 4. The Labute approximate surface area is 213 Å². The van der Waals surface area contributed by atoms with Gasteiger partial charge in [-0.1, -0.05) is 67.8 Å². The Hall–Kier alpha value is -3.73. The summed E-state index contributed by atoms with van der Waals surface area (Å²) in [5.74, 6) is 0.217. The molecule has 2 atom stereocenters. The van der Waals surface area contributed by atoms with E-state index >= 15 is 0 Å². The monoisotopic (exact) mass is 479 g/mol. The molecule has 2 aliphatic rings. The number of fused-ring (bicyclic) bond motifs is 1. The van der Waals surface area contributed by atoms with Gasteiger partial charge in [-0.15, -0.1) is 0 Å². The Morgan fingerprint density at radius 1 is 1.00 bits per heavy atom. The van der Waals surface area contributed by atoms with Crippen molar-refractivity contribution in [2.75, 3.05) is 10.2 Å². The van der Waals surface area contributed by atoms with E-state index in [-0.39, 0.29) is 17.6 Å². The maximum Gasteiger partial charge on any atom is 0.227 e. The van der Waals surface area contributed by atoms with Crippen molar-refractivity contribution in [3.8, 4) is 0 Å². The normalized spacial score (nSPS) is 19.3. The van der Waals surface area contributed by atoms with Crippen LogP contribution < -0.4 is 10.2 Å². The van der Waals surface area contributed by atoms with E-state index in [1.54, 1.807) is 12.4 Å². The first-order valence-corrected chi connectivity index (χ1v) is 13.0. The van der Waals surface area contributed by atoms with Crippen molar-refractivity contribution < 1.29 is 9.59 Å². The number of para-hydroxylation sites is 2. The Kier molecular flexibility index (Phi) is 6.99. The Bertz CT molecular complexity index is 1280. The summed E-state index contributed by atoms with van der Waals surface area (Å²) in [4.78, 5) is 34.0. The number of pyridine rings is 1. The smallest absolute Gasteiger partial charge is 0.227 e. The van der Waals surface area contributed by atoms with Crippen molar-refractivity contribution in [3.63, 3.8) is 0 Å². The SMILES string of the molecule is CCCCCC(=O)N1c2ccccc2NC2=C(C(=O)C[C@H](c3ccc(C)cc3)C2)[C@H]1c1cccnc1. The van der Waals surface area contributed by atoms with E-state index in [9.17, 15) is 9.59 Å². The summed E-state index contributed by atoms with van der Waals surface area (Å²) in [6.45, 7) is 4.21. The van der Waals surface area contributed by atoms with Crippen LogP contribution >= 0.6 is 0 Å². The maximum absolute atomic E-state index is 13.9. The molecular weight excluding hydrogens is 446 g/mol. The first-order valence-electron chi connectivity index (χ1n) is 13.0. The molecule has 5 rings (SSSR count). The number of allylic oxidation sites excluding steroid dienone is 1. The molecule has 1 N–H and O–H groups in total. The van der Waals surface area contributed by atoms with Crippen molar-refractivity contribution in [2.24, 2.45) is 0 Å². The van der Waals surface area contributed by atoms with E-state index in [0.29, 0.717) is 24.8 Å². The van der Waals surface area contributed by atoms with Crippen molar-refractivity contribution in [1.82, 2.24) is 4.98 Å². The molecule has 0 unspecified atom stereocenters.